The number of hydrogen-bond acceptors (Lipinski definition) is 2. The second-order valence-corrected chi connectivity index (χ2v) is 4.38. The number of nitrogens with one attached hydrogen (secondary N) is 1. The monoisotopic (exact) mass is 256 g/mol. The lowest BCUT2D eigenvalue weighted by Gasteiger charge is -2.06. The van der Waals surface area contributed by atoms with E-state index >= 15 is 0 Å². The first-order valence-electron chi connectivity index (χ1n) is 4.49. The molecule has 0 saturated carbocycles. The molecule has 0 aliphatic rings. The molecule has 1 amide bonds. The van der Waals surface area contributed by atoms with E-state index in [9.17, 15) is 4.79 Å². The Hall–Kier alpha value is -0.900. The molecule has 1 aromatic rings. The highest BCUT2D eigenvalue weighted by atomic mass is 79.9. The van der Waals surface area contributed by atoms with E-state index in [1.807, 2.05) is 0 Å². The largest absolute Gasteiger partial charge is 0.350 e. The third kappa shape index (κ3) is 3.46. The van der Waals surface area contributed by atoms with Crippen molar-refractivity contribution in [3.05, 3.63) is 28.5 Å². The molecule has 1 rings (SSSR count). The van der Waals surface area contributed by atoms with Crippen LogP contribution < -0.4 is 5.32 Å². The number of pyridine rings is 1. The van der Waals surface area contributed by atoms with Crippen LogP contribution in [0.15, 0.2) is 22.8 Å². The number of carbonyl (C=O) groups excluding carboxylic acids is 1. The van der Waals surface area contributed by atoms with Gasteiger partial charge in [0.2, 0.25) is 0 Å². The molecule has 0 unspecified atom stereocenters. The van der Waals surface area contributed by atoms with E-state index in [4.69, 9.17) is 0 Å². The molecule has 76 valence electrons. The molecule has 0 radical (unpaired) electrons. The highest BCUT2D eigenvalue weighted by molar-refractivity contribution is 9.10. The van der Waals surface area contributed by atoms with Crippen molar-refractivity contribution in [3.8, 4) is 0 Å². The number of halogens is 1. The molecular formula is C10H13BrN2O. The zero-order valence-corrected chi connectivity index (χ0v) is 9.84. The van der Waals surface area contributed by atoms with Gasteiger partial charge in [0, 0.05) is 17.2 Å². The van der Waals surface area contributed by atoms with Crippen molar-refractivity contribution in [2.24, 2.45) is 5.92 Å². The van der Waals surface area contributed by atoms with Gasteiger partial charge in [0.05, 0.1) is 0 Å². The summed E-state index contributed by atoms with van der Waals surface area (Å²) in [7, 11) is 0. The molecule has 4 heteroatoms. The summed E-state index contributed by atoms with van der Waals surface area (Å²) in [5, 5.41) is 2.80. The Morgan fingerprint density at radius 2 is 2.36 bits per heavy atom. The summed E-state index contributed by atoms with van der Waals surface area (Å²) in [5.41, 5.74) is 0.444. The van der Waals surface area contributed by atoms with Crippen LogP contribution in [0.5, 0.6) is 0 Å². The normalized spacial score (nSPS) is 10.3. The average molecular weight is 257 g/mol. The summed E-state index contributed by atoms with van der Waals surface area (Å²) < 4.78 is 0.863. The minimum absolute atomic E-state index is 0.125. The van der Waals surface area contributed by atoms with E-state index in [-0.39, 0.29) is 5.91 Å². The molecule has 0 bridgehead atoms. The van der Waals surface area contributed by atoms with Crippen LogP contribution in [0, 0.1) is 5.92 Å². The Morgan fingerprint density at radius 1 is 1.64 bits per heavy atom. The SMILES string of the molecule is CC(C)CNC(=O)c1cc(Br)ccn1. The Labute approximate surface area is 92.1 Å². The predicted molar refractivity (Wildman–Crippen MR) is 59.1 cm³/mol. The summed E-state index contributed by atoms with van der Waals surface area (Å²) in [4.78, 5) is 15.5. The van der Waals surface area contributed by atoms with Gasteiger partial charge in [-0.15, -0.1) is 0 Å². The summed E-state index contributed by atoms with van der Waals surface area (Å²) in [6.45, 7) is 4.77. The van der Waals surface area contributed by atoms with Gasteiger partial charge in [-0.2, -0.15) is 0 Å². The van der Waals surface area contributed by atoms with Gasteiger partial charge in [-0.05, 0) is 18.1 Å². The van der Waals surface area contributed by atoms with E-state index in [0.717, 1.165) is 4.47 Å². The lowest BCUT2D eigenvalue weighted by atomic mass is 10.2. The van der Waals surface area contributed by atoms with Crippen LogP contribution in [0.4, 0.5) is 0 Å². The molecule has 0 aromatic carbocycles. The lowest BCUT2D eigenvalue weighted by molar-refractivity contribution is 0.0944. The fourth-order valence-electron chi connectivity index (χ4n) is 0.916. The number of hydrogen-bond donors (Lipinski definition) is 1. The predicted octanol–water partition coefficient (Wildman–Crippen LogP) is 2.23. The van der Waals surface area contributed by atoms with Crippen LogP contribution in [0.25, 0.3) is 0 Å². The van der Waals surface area contributed by atoms with E-state index in [0.29, 0.717) is 18.2 Å². The topological polar surface area (TPSA) is 42.0 Å². The van der Waals surface area contributed by atoms with Gasteiger partial charge < -0.3 is 5.32 Å². The van der Waals surface area contributed by atoms with Crippen molar-refractivity contribution in [2.75, 3.05) is 6.54 Å². The van der Waals surface area contributed by atoms with Crippen LogP contribution in [0.3, 0.4) is 0 Å². The van der Waals surface area contributed by atoms with Crippen LogP contribution in [-0.2, 0) is 0 Å². The number of rotatable bonds is 3. The smallest absolute Gasteiger partial charge is 0.269 e. The molecule has 0 saturated heterocycles. The summed E-state index contributed by atoms with van der Waals surface area (Å²) >= 11 is 3.29. The Balaban J connectivity index is 2.61. The summed E-state index contributed by atoms with van der Waals surface area (Å²) in [6, 6.07) is 3.49. The zero-order chi connectivity index (χ0) is 10.6. The van der Waals surface area contributed by atoms with E-state index in [1.54, 1.807) is 18.3 Å². The van der Waals surface area contributed by atoms with Crippen molar-refractivity contribution in [1.82, 2.24) is 10.3 Å². The number of amides is 1. The van der Waals surface area contributed by atoms with Crippen LogP contribution in [0.2, 0.25) is 0 Å². The van der Waals surface area contributed by atoms with Crippen molar-refractivity contribution in [2.45, 2.75) is 13.8 Å². The first-order chi connectivity index (χ1) is 6.59. The molecule has 1 aromatic heterocycles. The molecule has 3 nitrogen and oxygen atoms in total. The maximum absolute atomic E-state index is 11.5. The van der Waals surface area contributed by atoms with Gasteiger partial charge in [0.15, 0.2) is 0 Å². The third-order valence-corrected chi connectivity index (χ3v) is 2.12. The fraction of sp³-hybridized carbons (Fsp3) is 0.400. The quantitative estimate of drug-likeness (QED) is 0.902. The van der Waals surface area contributed by atoms with Crippen LogP contribution in [0.1, 0.15) is 24.3 Å². The van der Waals surface area contributed by atoms with Gasteiger partial charge >= 0.3 is 0 Å². The minimum Gasteiger partial charge on any atom is -0.350 e. The third-order valence-electron chi connectivity index (χ3n) is 1.63. The second-order valence-electron chi connectivity index (χ2n) is 3.46. The molecule has 0 spiro atoms. The Kier molecular flexibility index (Phi) is 4.07. The standard InChI is InChI=1S/C10H13BrN2O/c1-7(2)6-13-10(14)9-5-8(11)3-4-12-9/h3-5,7H,6H2,1-2H3,(H,13,14). The molecule has 0 fully saturated rings. The molecule has 1 heterocycles. The van der Waals surface area contributed by atoms with Gasteiger partial charge in [0.1, 0.15) is 5.69 Å². The first kappa shape index (κ1) is 11.2. The summed E-state index contributed by atoms with van der Waals surface area (Å²) in [6.07, 6.45) is 1.61. The number of carbonyl (C=O) groups is 1. The highest BCUT2D eigenvalue weighted by Crippen LogP contribution is 2.08. The van der Waals surface area contributed by atoms with Crippen LogP contribution >= 0.6 is 15.9 Å². The van der Waals surface area contributed by atoms with Crippen molar-refractivity contribution in [1.29, 1.82) is 0 Å². The average Bonchev–Trinajstić information content (AvgIpc) is 2.14. The molecule has 0 aliphatic heterocycles. The molecule has 0 aliphatic carbocycles. The Bertz CT molecular complexity index is 326. The van der Waals surface area contributed by atoms with Gasteiger partial charge in [-0.3, -0.25) is 9.78 Å². The minimum atomic E-state index is -0.125. The van der Waals surface area contributed by atoms with Gasteiger partial charge in [0.25, 0.3) is 5.91 Å². The van der Waals surface area contributed by atoms with Crippen molar-refractivity contribution < 1.29 is 4.79 Å². The first-order valence-corrected chi connectivity index (χ1v) is 5.28. The number of aromatic nitrogens is 1. The number of nitrogens with zero attached hydrogens (tertiary/aromatic N) is 1. The van der Waals surface area contributed by atoms with Gasteiger partial charge in [-0.1, -0.05) is 29.8 Å². The maximum atomic E-state index is 11.5. The molecule has 1 N–H and O–H groups in total. The van der Waals surface area contributed by atoms with Crippen molar-refractivity contribution in [3.63, 3.8) is 0 Å². The second kappa shape index (κ2) is 5.10. The van der Waals surface area contributed by atoms with E-state index < -0.39 is 0 Å². The maximum Gasteiger partial charge on any atom is 0.269 e. The fourth-order valence-corrected chi connectivity index (χ4v) is 1.25. The Morgan fingerprint density at radius 3 is 2.93 bits per heavy atom. The van der Waals surface area contributed by atoms with E-state index in [1.165, 1.54) is 0 Å². The van der Waals surface area contributed by atoms with Crippen LogP contribution in [-0.4, -0.2) is 17.4 Å². The highest BCUT2D eigenvalue weighted by Gasteiger charge is 2.06. The van der Waals surface area contributed by atoms with Crippen molar-refractivity contribution >= 4 is 21.8 Å². The van der Waals surface area contributed by atoms with Gasteiger partial charge in [-0.25, -0.2) is 0 Å². The van der Waals surface area contributed by atoms with E-state index in [2.05, 4.69) is 40.1 Å². The molecular weight excluding hydrogens is 244 g/mol. The lowest BCUT2D eigenvalue weighted by Crippen LogP contribution is -2.27. The molecule has 14 heavy (non-hydrogen) atoms. The summed E-state index contributed by atoms with van der Waals surface area (Å²) in [5.74, 6) is 0.325. The molecule has 0 atom stereocenters. The zero-order valence-electron chi connectivity index (χ0n) is 8.25.